The highest BCUT2D eigenvalue weighted by Gasteiger charge is 2.16. The van der Waals surface area contributed by atoms with Crippen molar-refractivity contribution in [2.45, 2.75) is 32.5 Å². The van der Waals surface area contributed by atoms with Crippen LogP contribution in [-0.2, 0) is 25.5 Å². The van der Waals surface area contributed by atoms with Crippen molar-refractivity contribution in [1.82, 2.24) is 0 Å². The predicted molar refractivity (Wildman–Crippen MR) is 182 cm³/mol. The summed E-state index contributed by atoms with van der Waals surface area (Å²) in [6, 6.07) is 30.5. The van der Waals surface area contributed by atoms with Gasteiger partial charge in [-0.25, -0.2) is 0 Å². The molecule has 0 bridgehead atoms. The van der Waals surface area contributed by atoms with Crippen LogP contribution in [0.4, 0.5) is 0 Å². The number of benzene rings is 4. The molecule has 0 radical (unpaired) electrons. The van der Waals surface area contributed by atoms with Crippen LogP contribution in [-0.4, -0.2) is 50.6 Å². The van der Waals surface area contributed by atoms with Gasteiger partial charge in [-0.15, -0.1) is 0 Å². The van der Waals surface area contributed by atoms with Gasteiger partial charge in [0.25, 0.3) is 0 Å². The molecular formula is C39H40O8. The zero-order valence-electron chi connectivity index (χ0n) is 26.8. The third kappa shape index (κ3) is 12.1. The van der Waals surface area contributed by atoms with Crippen LogP contribution in [0.25, 0.3) is 12.2 Å². The molecule has 0 fully saturated rings. The van der Waals surface area contributed by atoms with Crippen molar-refractivity contribution >= 4 is 24.1 Å². The molecule has 8 nitrogen and oxygen atoms in total. The van der Waals surface area contributed by atoms with Gasteiger partial charge in [0.2, 0.25) is 0 Å². The van der Waals surface area contributed by atoms with Gasteiger partial charge in [-0.2, -0.15) is 0 Å². The highest BCUT2D eigenvalue weighted by atomic mass is 16.6. The molecule has 0 aromatic heterocycles. The Hall–Kier alpha value is -5.50. The van der Waals surface area contributed by atoms with Crippen molar-refractivity contribution < 1.29 is 38.0 Å². The van der Waals surface area contributed by atoms with Gasteiger partial charge in [0.15, 0.2) is 12.2 Å². The minimum absolute atomic E-state index is 0.151. The maximum atomic E-state index is 11.6. The average Bonchev–Trinajstić information content (AvgIpc) is 3.08. The molecule has 47 heavy (non-hydrogen) atoms. The van der Waals surface area contributed by atoms with Crippen molar-refractivity contribution in [2.75, 3.05) is 26.4 Å². The Labute approximate surface area is 276 Å². The molecule has 2 unspecified atom stereocenters. The second-order valence-electron chi connectivity index (χ2n) is 10.7. The van der Waals surface area contributed by atoms with Crippen LogP contribution < -0.4 is 18.9 Å². The molecule has 0 amide bonds. The van der Waals surface area contributed by atoms with Crippen molar-refractivity contribution in [1.29, 1.82) is 0 Å². The van der Waals surface area contributed by atoms with Crippen LogP contribution in [0, 0.1) is 0 Å². The van der Waals surface area contributed by atoms with E-state index in [9.17, 15) is 9.59 Å². The summed E-state index contributed by atoms with van der Waals surface area (Å²) in [5.74, 6) is 1.84. The number of hydrogen-bond acceptors (Lipinski definition) is 8. The van der Waals surface area contributed by atoms with Gasteiger partial charge in [-0.1, -0.05) is 73.8 Å². The first kappa shape index (κ1) is 34.4. The molecule has 0 aliphatic carbocycles. The summed E-state index contributed by atoms with van der Waals surface area (Å²) in [4.78, 5) is 23.2. The molecule has 0 N–H and O–H groups in total. The minimum atomic E-state index is -0.571. The minimum Gasteiger partial charge on any atom is -0.490 e. The van der Waals surface area contributed by atoms with Gasteiger partial charge in [-0.3, -0.25) is 9.59 Å². The van der Waals surface area contributed by atoms with Crippen LogP contribution >= 0.6 is 0 Å². The standard InChI is InChI=1S/C39H40O8/c1-5-30-7-15-34(16-8-30)42-24-38(46-28(3)40)26-44-36-19-11-32(12-20-36)23-33-13-21-37(22-14-33)45-27-39(47-29(4)41)25-43-35-17-9-31(6-2)10-18-35/h5-22,38-39H,1-2,23-27H2,3-4H3. The van der Waals surface area contributed by atoms with E-state index in [1.807, 2.05) is 97.1 Å². The monoisotopic (exact) mass is 636 g/mol. The molecule has 0 heterocycles. The van der Waals surface area contributed by atoms with Crippen LogP contribution in [0.15, 0.2) is 110 Å². The van der Waals surface area contributed by atoms with Crippen molar-refractivity contribution in [3.8, 4) is 23.0 Å². The summed E-state index contributed by atoms with van der Waals surface area (Å²) >= 11 is 0. The lowest BCUT2D eigenvalue weighted by atomic mass is 10.0. The van der Waals surface area contributed by atoms with Crippen molar-refractivity contribution in [2.24, 2.45) is 0 Å². The Balaban J connectivity index is 1.23. The fraction of sp³-hybridized carbons (Fsp3) is 0.231. The first-order chi connectivity index (χ1) is 22.8. The van der Waals surface area contributed by atoms with Crippen LogP contribution in [0.3, 0.4) is 0 Å². The van der Waals surface area contributed by atoms with Crippen molar-refractivity contribution in [3.05, 3.63) is 132 Å². The zero-order valence-corrected chi connectivity index (χ0v) is 26.8. The summed E-state index contributed by atoms with van der Waals surface area (Å²) in [7, 11) is 0. The van der Waals surface area contributed by atoms with Gasteiger partial charge in [0.05, 0.1) is 0 Å². The number of esters is 2. The maximum absolute atomic E-state index is 11.6. The third-order valence-electron chi connectivity index (χ3n) is 6.90. The van der Waals surface area contributed by atoms with E-state index in [4.69, 9.17) is 28.4 Å². The van der Waals surface area contributed by atoms with Crippen LogP contribution in [0.5, 0.6) is 23.0 Å². The van der Waals surface area contributed by atoms with Crippen molar-refractivity contribution in [3.63, 3.8) is 0 Å². The fourth-order valence-corrected chi connectivity index (χ4v) is 4.50. The largest absolute Gasteiger partial charge is 0.490 e. The van der Waals surface area contributed by atoms with E-state index in [1.54, 1.807) is 12.2 Å². The van der Waals surface area contributed by atoms with E-state index < -0.39 is 24.1 Å². The Kier molecular flexibility index (Phi) is 13.1. The smallest absolute Gasteiger partial charge is 0.303 e. The summed E-state index contributed by atoms with van der Waals surface area (Å²) in [5.41, 5.74) is 4.17. The lowest BCUT2D eigenvalue weighted by Gasteiger charge is -2.19. The summed E-state index contributed by atoms with van der Waals surface area (Å²) in [5, 5.41) is 0. The third-order valence-corrected chi connectivity index (χ3v) is 6.90. The average molecular weight is 637 g/mol. The molecule has 8 heteroatoms. The van der Waals surface area contributed by atoms with Gasteiger partial charge in [0, 0.05) is 13.8 Å². The molecule has 4 rings (SSSR count). The van der Waals surface area contributed by atoms with Gasteiger partial charge >= 0.3 is 11.9 Å². The number of rotatable bonds is 18. The zero-order chi connectivity index (χ0) is 33.4. The second-order valence-corrected chi connectivity index (χ2v) is 10.7. The maximum Gasteiger partial charge on any atom is 0.303 e. The molecule has 0 aliphatic heterocycles. The van der Waals surface area contributed by atoms with E-state index in [2.05, 4.69) is 13.2 Å². The van der Waals surface area contributed by atoms with E-state index in [1.165, 1.54) is 13.8 Å². The Bertz CT molecular complexity index is 1460. The topological polar surface area (TPSA) is 89.5 Å². The van der Waals surface area contributed by atoms with Crippen LogP contribution in [0.1, 0.15) is 36.1 Å². The summed E-state index contributed by atoms with van der Waals surface area (Å²) < 4.78 is 34.2. The summed E-state index contributed by atoms with van der Waals surface area (Å²) in [6.07, 6.45) is 3.08. The van der Waals surface area contributed by atoms with E-state index in [0.29, 0.717) is 29.4 Å². The van der Waals surface area contributed by atoms with Crippen LogP contribution in [0.2, 0.25) is 0 Å². The quantitative estimate of drug-likeness (QED) is 0.105. The fourth-order valence-electron chi connectivity index (χ4n) is 4.50. The molecule has 2 atom stereocenters. The molecule has 244 valence electrons. The lowest BCUT2D eigenvalue weighted by Crippen LogP contribution is -2.30. The Morgan fingerprint density at radius 2 is 0.787 bits per heavy atom. The van der Waals surface area contributed by atoms with Gasteiger partial charge < -0.3 is 28.4 Å². The first-order valence-corrected chi connectivity index (χ1v) is 15.3. The van der Waals surface area contributed by atoms with Gasteiger partial charge in [-0.05, 0) is 77.2 Å². The second kappa shape index (κ2) is 17.8. The molecule has 0 saturated heterocycles. The SMILES string of the molecule is C=Cc1ccc(OCC(COc2ccc(Cc3ccc(OCC(COc4ccc(C=C)cc4)OC(C)=O)cc3)cc2)OC(C)=O)cc1. The normalized spacial score (nSPS) is 11.8. The number of carbonyl (C=O) groups is 2. The molecule has 4 aromatic rings. The molecule has 0 spiro atoms. The highest BCUT2D eigenvalue weighted by molar-refractivity contribution is 5.66. The predicted octanol–water partition coefficient (Wildman–Crippen LogP) is 7.34. The highest BCUT2D eigenvalue weighted by Crippen LogP contribution is 2.20. The van der Waals surface area contributed by atoms with E-state index in [-0.39, 0.29) is 26.4 Å². The Morgan fingerprint density at radius 3 is 1.04 bits per heavy atom. The molecule has 4 aromatic carbocycles. The first-order valence-electron chi connectivity index (χ1n) is 15.3. The number of hydrogen-bond donors (Lipinski definition) is 0. The lowest BCUT2D eigenvalue weighted by molar-refractivity contribution is -0.150. The van der Waals surface area contributed by atoms with E-state index in [0.717, 1.165) is 22.3 Å². The molecular weight excluding hydrogens is 596 g/mol. The van der Waals surface area contributed by atoms with E-state index >= 15 is 0 Å². The molecule has 0 aliphatic rings. The molecule has 0 saturated carbocycles. The number of ether oxygens (including phenoxy) is 6. The summed E-state index contributed by atoms with van der Waals surface area (Å²) in [6.45, 7) is 10.8. The Morgan fingerprint density at radius 1 is 0.511 bits per heavy atom. The van der Waals surface area contributed by atoms with Gasteiger partial charge in [0.1, 0.15) is 49.4 Å². The number of carbonyl (C=O) groups excluding carboxylic acids is 2.